The molecule has 1 N–H and O–H groups in total. The summed E-state index contributed by atoms with van der Waals surface area (Å²) >= 11 is 0. The number of piperidine rings is 1. The quantitative estimate of drug-likeness (QED) is 0.868. The molecule has 1 atom stereocenters. The molecule has 2 aromatic rings. The van der Waals surface area contributed by atoms with E-state index in [0.717, 1.165) is 19.3 Å². The fourth-order valence-corrected chi connectivity index (χ4v) is 2.94. The molecule has 0 bridgehead atoms. The summed E-state index contributed by atoms with van der Waals surface area (Å²) in [7, 11) is 0. The Balaban J connectivity index is 1.82. The largest absolute Gasteiger partial charge is 0.508 e. The van der Waals surface area contributed by atoms with Crippen LogP contribution in [0.25, 0.3) is 0 Å². The normalized spacial score (nSPS) is 15.4. The first-order valence-corrected chi connectivity index (χ1v) is 8.49. The molecule has 1 amide bonds. The third kappa shape index (κ3) is 4.18. The van der Waals surface area contributed by atoms with Crippen LogP contribution in [0.4, 0.5) is 0 Å². The Bertz CT molecular complexity index is 721. The number of carbonyl (C=O) groups excluding carboxylic acids is 2. The van der Waals surface area contributed by atoms with Gasteiger partial charge in [-0.1, -0.05) is 30.3 Å². The summed E-state index contributed by atoms with van der Waals surface area (Å²) in [6.07, 6.45) is 2.10. The van der Waals surface area contributed by atoms with E-state index in [-0.39, 0.29) is 11.7 Å². The van der Waals surface area contributed by atoms with Gasteiger partial charge in [0, 0.05) is 18.7 Å². The average molecular weight is 339 g/mol. The SMILES string of the molecule is O=C(O[C@H](C(=O)N1CCCCC1)c1ccccc1)c1ccc(O)cc1. The lowest BCUT2D eigenvalue weighted by molar-refractivity contribution is -0.142. The molecule has 0 unspecified atom stereocenters. The van der Waals surface area contributed by atoms with Crippen molar-refractivity contribution in [2.45, 2.75) is 25.4 Å². The van der Waals surface area contributed by atoms with Crippen molar-refractivity contribution in [2.24, 2.45) is 0 Å². The zero-order chi connectivity index (χ0) is 17.6. The number of amides is 1. The Hall–Kier alpha value is -2.82. The summed E-state index contributed by atoms with van der Waals surface area (Å²) < 4.78 is 5.57. The van der Waals surface area contributed by atoms with Gasteiger partial charge in [0.15, 0.2) is 0 Å². The number of esters is 1. The van der Waals surface area contributed by atoms with Gasteiger partial charge in [-0.05, 0) is 43.5 Å². The highest BCUT2D eigenvalue weighted by Gasteiger charge is 2.30. The maximum absolute atomic E-state index is 12.9. The molecule has 1 aliphatic heterocycles. The lowest BCUT2D eigenvalue weighted by Gasteiger charge is -2.30. The zero-order valence-electron chi connectivity index (χ0n) is 13.9. The van der Waals surface area contributed by atoms with E-state index in [2.05, 4.69) is 0 Å². The molecule has 1 saturated heterocycles. The Labute approximate surface area is 146 Å². The van der Waals surface area contributed by atoms with Crippen LogP contribution in [-0.2, 0) is 9.53 Å². The fraction of sp³-hybridized carbons (Fsp3) is 0.300. The molecule has 3 rings (SSSR count). The Morgan fingerprint density at radius 2 is 1.56 bits per heavy atom. The number of rotatable bonds is 4. The van der Waals surface area contributed by atoms with Crippen LogP contribution in [-0.4, -0.2) is 35.0 Å². The molecule has 0 radical (unpaired) electrons. The average Bonchev–Trinajstić information content (AvgIpc) is 2.67. The van der Waals surface area contributed by atoms with Crippen molar-refractivity contribution in [3.05, 3.63) is 65.7 Å². The van der Waals surface area contributed by atoms with Gasteiger partial charge in [0.2, 0.25) is 6.10 Å². The molecule has 0 aliphatic carbocycles. The van der Waals surface area contributed by atoms with E-state index in [1.54, 1.807) is 17.0 Å². The molecule has 1 fully saturated rings. The summed E-state index contributed by atoms with van der Waals surface area (Å²) in [6, 6.07) is 14.9. The maximum Gasteiger partial charge on any atom is 0.339 e. The molecule has 5 heteroatoms. The van der Waals surface area contributed by atoms with E-state index in [1.165, 1.54) is 24.3 Å². The van der Waals surface area contributed by atoms with Gasteiger partial charge in [0.1, 0.15) is 5.75 Å². The summed E-state index contributed by atoms with van der Waals surface area (Å²) in [4.78, 5) is 27.1. The standard InChI is InChI=1S/C20H21NO4/c22-17-11-9-16(10-12-17)20(24)25-18(15-7-3-1-4-8-15)19(23)21-13-5-2-6-14-21/h1,3-4,7-12,18,22H,2,5-6,13-14H2/t18-/m0/s1. The fourth-order valence-electron chi connectivity index (χ4n) is 2.94. The summed E-state index contributed by atoms with van der Waals surface area (Å²) in [6.45, 7) is 1.39. The van der Waals surface area contributed by atoms with Gasteiger partial charge in [-0.15, -0.1) is 0 Å². The Morgan fingerprint density at radius 3 is 2.20 bits per heavy atom. The molecular formula is C20H21NO4. The minimum Gasteiger partial charge on any atom is -0.508 e. The smallest absolute Gasteiger partial charge is 0.339 e. The number of phenols is 1. The lowest BCUT2D eigenvalue weighted by Crippen LogP contribution is -2.40. The zero-order valence-corrected chi connectivity index (χ0v) is 13.9. The summed E-state index contributed by atoms with van der Waals surface area (Å²) in [5.41, 5.74) is 0.954. The number of carbonyl (C=O) groups is 2. The van der Waals surface area contributed by atoms with Crippen LogP contribution in [0.1, 0.15) is 41.3 Å². The first kappa shape index (κ1) is 17.0. The predicted molar refractivity (Wildman–Crippen MR) is 93.1 cm³/mol. The number of benzene rings is 2. The lowest BCUT2D eigenvalue weighted by atomic mass is 10.1. The summed E-state index contributed by atoms with van der Waals surface area (Å²) in [5.74, 6) is -0.696. The third-order valence-corrected chi connectivity index (χ3v) is 4.32. The second-order valence-corrected chi connectivity index (χ2v) is 6.13. The van der Waals surface area contributed by atoms with Crippen LogP contribution in [0.5, 0.6) is 5.75 Å². The Kier molecular flexibility index (Phi) is 5.33. The number of hydrogen-bond acceptors (Lipinski definition) is 4. The molecular weight excluding hydrogens is 318 g/mol. The van der Waals surface area contributed by atoms with E-state index >= 15 is 0 Å². The van der Waals surface area contributed by atoms with Gasteiger partial charge in [-0.2, -0.15) is 0 Å². The minimum atomic E-state index is -0.958. The van der Waals surface area contributed by atoms with Crippen LogP contribution in [0.2, 0.25) is 0 Å². The highest BCUT2D eigenvalue weighted by Crippen LogP contribution is 2.24. The van der Waals surface area contributed by atoms with Crippen molar-refractivity contribution in [2.75, 3.05) is 13.1 Å². The van der Waals surface area contributed by atoms with Crippen molar-refractivity contribution >= 4 is 11.9 Å². The second kappa shape index (κ2) is 7.83. The van der Waals surface area contributed by atoms with Crippen molar-refractivity contribution in [3.8, 4) is 5.75 Å². The molecule has 0 aromatic heterocycles. The number of aromatic hydroxyl groups is 1. The van der Waals surface area contributed by atoms with Crippen LogP contribution in [0.15, 0.2) is 54.6 Å². The molecule has 1 heterocycles. The topological polar surface area (TPSA) is 66.8 Å². The second-order valence-electron chi connectivity index (χ2n) is 6.13. The highest BCUT2D eigenvalue weighted by atomic mass is 16.5. The van der Waals surface area contributed by atoms with Crippen molar-refractivity contribution in [1.29, 1.82) is 0 Å². The van der Waals surface area contributed by atoms with Crippen LogP contribution >= 0.6 is 0 Å². The van der Waals surface area contributed by atoms with Gasteiger partial charge < -0.3 is 14.7 Å². The molecule has 1 aliphatic rings. The van der Waals surface area contributed by atoms with E-state index in [1.807, 2.05) is 18.2 Å². The van der Waals surface area contributed by atoms with Crippen molar-refractivity contribution in [1.82, 2.24) is 4.90 Å². The van der Waals surface area contributed by atoms with Crippen LogP contribution in [0, 0.1) is 0 Å². The minimum absolute atomic E-state index is 0.0700. The van der Waals surface area contributed by atoms with Gasteiger partial charge in [0.25, 0.3) is 5.91 Å². The summed E-state index contributed by atoms with van der Waals surface area (Å²) in [5, 5.41) is 9.34. The van der Waals surface area contributed by atoms with Crippen molar-refractivity contribution < 1.29 is 19.4 Å². The number of nitrogens with zero attached hydrogens (tertiary/aromatic N) is 1. The van der Waals surface area contributed by atoms with E-state index in [0.29, 0.717) is 24.2 Å². The molecule has 5 nitrogen and oxygen atoms in total. The number of phenolic OH excluding ortho intramolecular Hbond substituents is 1. The monoisotopic (exact) mass is 339 g/mol. The molecule has 25 heavy (non-hydrogen) atoms. The van der Waals surface area contributed by atoms with Gasteiger partial charge >= 0.3 is 5.97 Å². The number of likely N-dealkylation sites (tertiary alicyclic amines) is 1. The van der Waals surface area contributed by atoms with E-state index in [9.17, 15) is 14.7 Å². The highest BCUT2D eigenvalue weighted by molar-refractivity contribution is 5.92. The first-order chi connectivity index (χ1) is 12.1. The van der Waals surface area contributed by atoms with E-state index < -0.39 is 12.1 Å². The van der Waals surface area contributed by atoms with Gasteiger partial charge in [-0.25, -0.2) is 4.79 Å². The first-order valence-electron chi connectivity index (χ1n) is 8.49. The van der Waals surface area contributed by atoms with Gasteiger partial charge in [-0.3, -0.25) is 4.79 Å². The number of ether oxygens (including phenoxy) is 1. The van der Waals surface area contributed by atoms with Crippen LogP contribution in [0.3, 0.4) is 0 Å². The number of hydrogen-bond donors (Lipinski definition) is 1. The molecule has 130 valence electrons. The molecule has 2 aromatic carbocycles. The predicted octanol–water partition coefficient (Wildman–Crippen LogP) is 3.30. The van der Waals surface area contributed by atoms with E-state index in [4.69, 9.17) is 4.74 Å². The Morgan fingerprint density at radius 1 is 0.920 bits per heavy atom. The van der Waals surface area contributed by atoms with Gasteiger partial charge in [0.05, 0.1) is 5.56 Å². The maximum atomic E-state index is 12.9. The van der Waals surface area contributed by atoms with Crippen molar-refractivity contribution in [3.63, 3.8) is 0 Å². The third-order valence-electron chi connectivity index (χ3n) is 4.32. The molecule has 0 spiro atoms. The van der Waals surface area contributed by atoms with Crippen LogP contribution < -0.4 is 0 Å². The molecule has 0 saturated carbocycles.